The standard InChI is InChI=1S/C16H19N3O4S2/c1-11-5-3-4-6-13(11)15-17-18-16(23-15)24-9-14(20)19(2)12-7-8-25(21,22)10-12/h3-6,12H,7-10H2,1-2H3/t12-/m1/s1. The van der Waals surface area contributed by atoms with Crippen molar-refractivity contribution in [2.45, 2.75) is 24.6 Å². The molecule has 1 aromatic carbocycles. The number of sulfone groups is 1. The molecule has 0 bridgehead atoms. The number of aryl methyl sites for hydroxylation is 1. The van der Waals surface area contributed by atoms with Crippen LogP contribution in [0.4, 0.5) is 0 Å². The zero-order valence-electron chi connectivity index (χ0n) is 14.0. The number of amides is 1. The van der Waals surface area contributed by atoms with Gasteiger partial charge in [-0.05, 0) is 25.0 Å². The van der Waals surface area contributed by atoms with Crippen LogP contribution in [0.2, 0.25) is 0 Å². The number of nitrogens with zero attached hydrogens (tertiary/aromatic N) is 3. The van der Waals surface area contributed by atoms with Crippen LogP contribution in [0.1, 0.15) is 12.0 Å². The molecule has 1 aromatic heterocycles. The molecule has 0 spiro atoms. The Kier molecular flexibility index (Phi) is 5.14. The van der Waals surface area contributed by atoms with Crippen LogP contribution in [-0.4, -0.2) is 59.8 Å². The molecule has 9 heteroatoms. The number of benzene rings is 1. The molecule has 1 aliphatic heterocycles. The summed E-state index contributed by atoms with van der Waals surface area (Å²) in [6, 6.07) is 7.44. The molecule has 1 saturated heterocycles. The highest BCUT2D eigenvalue weighted by molar-refractivity contribution is 7.99. The third kappa shape index (κ3) is 4.21. The molecule has 2 heterocycles. The molecule has 2 aromatic rings. The molecule has 134 valence electrons. The molecule has 0 saturated carbocycles. The van der Waals surface area contributed by atoms with Gasteiger partial charge in [0.25, 0.3) is 5.22 Å². The van der Waals surface area contributed by atoms with Crippen molar-refractivity contribution < 1.29 is 17.6 Å². The highest BCUT2D eigenvalue weighted by atomic mass is 32.2. The molecule has 0 aliphatic carbocycles. The first-order chi connectivity index (χ1) is 11.9. The third-order valence-corrected chi connectivity index (χ3v) is 6.80. The van der Waals surface area contributed by atoms with Crippen molar-refractivity contribution in [1.29, 1.82) is 0 Å². The molecule has 0 radical (unpaired) electrons. The average Bonchev–Trinajstić information content (AvgIpc) is 3.18. The quantitative estimate of drug-likeness (QED) is 0.729. The molecule has 3 rings (SSSR count). The van der Waals surface area contributed by atoms with Crippen molar-refractivity contribution >= 4 is 27.5 Å². The normalized spacial score (nSPS) is 19.0. The first-order valence-corrected chi connectivity index (χ1v) is 10.6. The van der Waals surface area contributed by atoms with Gasteiger partial charge in [-0.15, -0.1) is 10.2 Å². The molecule has 0 unspecified atom stereocenters. The molecule has 25 heavy (non-hydrogen) atoms. The second kappa shape index (κ2) is 7.17. The largest absolute Gasteiger partial charge is 0.411 e. The van der Waals surface area contributed by atoms with Gasteiger partial charge in [0.1, 0.15) is 0 Å². The van der Waals surface area contributed by atoms with Crippen LogP contribution in [0.25, 0.3) is 11.5 Å². The third-order valence-electron chi connectivity index (χ3n) is 4.25. The predicted molar refractivity (Wildman–Crippen MR) is 95.0 cm³/mol. The lowest BCUT2D eigenvalue weighted by Gasteiger charge is -2.22. The van der Waals surface area contributed by atoms with Crippen molar-refractivity contribution in [3.8, 4) is 11.5 Å². The van der Waals surface area contributed by atoms with Crippen molar-refractivity contribution in [3.63, 3.8) is 0 Å². The summed E-state index contributed by atoms with van der Waals surface area (Å²) < 4.78 is 28.7. The number of aromatic nitrogens is 2. The summed E-state index contributed by atoms with van der Waals surface area (Å²) in [4.78, 5) is 13.8. The van der Waals surface area contributed by atoms with E-state index in [0.29, 0.717) is 17.5 Å². The molecular weight excluding hydrogens is 362 g/mol. The highest BCUT2D eigenvalue weighted by Crippen LogP contribution is 2.26. The average molecular weight is 381 g/mol. The fourth-order valence-corrected chi connectivity index (χ4v) is 5.16. The highest BCUT2D eigenvalue weighted by Gasteiger charge is 2.32. The van der Waals surface area contributed by atoms with E-state index in [4.69, 9.17) is 4.42 Å². The number of hydrogen-bond acceptors (Lipinski definition) is 7. The molecule has 1 atom stereocenters. The zero-order chi connectivity index (χ0) is 18.0. The second-order valence-electron chi connectivity index (χ2n) is 6.04. The monoisotopic (exact) mass is 381 g/mol. The van der Waals surface area contributed by atoms with E-state index in [1.165, 1.54) is 4.90 Å². The Hall–Kier alpha value is -1.87. The van der Waals surface area contributed by atoms with Gasteiger partial charge in [0.2, 0.25) is 11.8 Å². The smallest absolute Gasteiger partial charge is 0.277 e. The van der Waals surface area contributed by atoms with Gasteiger partial charge in [-0.25, -0.2) is 8.42 Å². The molecular formula is C16H19N3O4S2. The molecule has 0 N–H and O–H groups in total. The number of thioether (sulfide) groups is 1. The topological polar surface area (TPSA) is 93.4 Å². The first kappa shape index (κ1) is 17.9. The molecule has 1 amide bonds. The van der Waals surface area contributed by atoms with Gasteiger partial charge >= 0.3 is 0 Å². The van der Waals surface area contributed by atoms with Gasteiger partial charge in [0.15, 0.2) is 9.84 Å². The van der Waals surface area contributed by atoms with Crippen molar-refractivity contribution in [2.75, 3.05) is 24.3 Å². The van der Waals surface area contributed by atoms with Gasteiger partial charge in [0.05, 0.1) is 17.3 Å². The van der Waals surface area contributed by atoms with E-state index >= 15 is 0 Å². The summed E-state index contributed by atoms with van der Waals surface area (Å²) in [6.07, 6.45) is 0.493. The number of carbonyl (C=O) groups is 1. The number of carbonyl (C=O) groups excluding carboxylic acids is 1. The van der Waals surface area contributed by atoms with Gasteiger partial charge in [-0.1, -0.05) is 30.0 Å². The van der Waals surface area contributed by atoms with Gasteiger partial charge in [-0.2, -0.15) is 0 Å². The van der Waals surface area contributed by atoms with E-state index < -0.39 is 9.84 Å². The van der Waals surface area contributed by atoms with E-state index in [-0.39, 0.29) is 29.2 Å². The predicted octanol–water partition coefficient (Wildman–Crippen LogP) is 1.78. The summed E-state index contributed by atoms with van der Waals surface area (Å²) in [7, 11) is -1.37. The van der Waals surface area contributed by atoms with E-state index in [9.17, 15) is 13.2 Å². The van der Waals surface area contributed by atoms with Crippen molar-refractivity contribution in [2.24, 2.45) is 0 Å². The summed E-state index contributed by atoms with van der Waals surface area (Å²) >= 11 is 1.16. The Balaban J connectivity index is 1.59. The van der Waals surface area contributed by atoms with Crippen LogP contribution in [0.5, 0.6) is 0 Å². The van der Waals surface area contributed by atoms with Crippen LogP contribution in [0, 0.1) is 6.92 Å². The summed E-state index contributed by atoms with van der Waals surface area (Å²) in [5, 5.41) is 8.31. The van der Waals surface area contributed by atoms with Gasteiger partial charge in [0, 0.05) is 18.7 Å². The van der Waals surface area contributed by atoms with Gasteiger partial charge < -0.3 is 9.32 Å². The van der Waals surface area contributed by atoms with Crippen LogP contribution < -0.4 is 0 Å². The number of rotatable bonds is 5. The minimum atomic E-state index is -3.01. The molecule has 7 nitrogen and oxygen atoms in total. The Labute approximate surface area is 150 Å². The van der Waals surface area contributed by atoms with Crippen LogP contribution in [-0.2, 0) is 14.6 Å². The Morgan fingerprint density at radius 3 is 2.80 bits per heavy atom. The summed E-state index contributed by atoms with van der Waals surface area (Å²) in [5.74, 6) is 0.581. The van der Waals surface area contributed by atoms with E-state index in [1.54, 1.807) is 7.05 Å². The van der Waals surface area contributed by atoms with E-state index in [0.717, 1.165) is 22.9 Å². The maximum atomic E-state index is 12.3. The van der Waals surface area contributed by atoms with Crippen LogP contribution >= 0.6 is 11.8 Å². The Morgan fingerprint density at radius 2 is 2.12 bits per heavy atom. The maximum absolute atomic E-state index is 12.3. The van der Waals surface area contributed by atoms with Crippen molar-refractivity contribution in [1.82, 2.24) is 15.1 Å². The lowest BCUT2D eigenvalue weighted by molar-refractivity contribution is -0.128. The Morgan fingerprint density at radius 1 is 1.36 bits per heavy atom. The lowest BCUT2D eigenvalue weighted by Crippen LogP contribution is -2.38. The fraction of sp³-hybridized carbons (Fsp3) is 0.438. The van der Waals surface area contributed by atoms with Crippen molar-refractivity contribution in [3.05, 3.63) is 29.8 Å². The minimum absolute atomic E-state index is 0.0396. The SMILES string of the molecule is Cc1ccccc1-c1nnc(SCC(=O)N(C)[C@@H]2CCS(=O)(=O)C2)o1. The molecule has 1 fully saturated rings. The minimum Gasteiger partial charge on any atom is -0.411 e. The zero-order valence-corrected chi connectivity index (χ0v) is 15.6. The number of hydrogen-bond donors (Lipinski definition) is 0. The Bertz CT molecular complexity index is 879. The second-order valence-corrected chi connectivity index (χ2v) is 9.19. The summed E-state index contributed by atoms with van der Waals surface area (Å²) in [6.45, 7) is 1.96. The lowest BCUT2D eigenvalue weighted by atomic mass is 10.1. The van der Waals surface area contributed by atoms with Gasteiger partial charge in [-0.3, -0.25) is 4.79 Å². The maximum Gasteiger partial charge on any atom is 0.277 e. The van der Waals surface area contributed by atoms with E-state index in [1.807, 2.05) is 31.2 Å². The first-order valence-electron chi connectivity index (χ1n) is 7.84. The summed E-state index contributed by atoms with van der Waals surface area (Å²) in [5.41, 5.74) is 1.89. The molecule has 1 aliphatic rings. The van der Waals surface area contributed by atoms with E-state index in [2.05, 4.69) is 10.2 Å². The van der Waals surface area contributed by atoms with Crippen LogP contribution in [0.15, 0.2) is 33.9 Å². The fourth-order valence-electron chi connectivity index (χ4n) is 2.70. The van der Waals surface area contributed by atoms with Crippen LogP contribution in [0.3, 0.4) is 0 Å².